The number of nitrogens with zero attached hydrogens (tertiary/aromatic N) is 2. The van der Waals surface area contributed by atoms with Gasteiger partial charge in [-0.25, -0.2) is 0 Å². The highest BCUT2D eigenvalue weighted by Crippen LogP contribution is 2.45. The van der Waals surface area contributed by atoms with E-state index < -0.39 is 0 Å². The molecule has 156 valence electrons. The molecule has 5 rings (SSSR count). The molecule has 7 heteroatoms. The van der Waals surface area contributed by atoms with Gasteiger partial charge in [-0.15, -0.1) is 11.8 Å². The van der Waals surface area contributed by atoms with Crippen molar-refractivity contribution in [1.29, 1.82) is 0 Å². The Bertz CT molecular complexity index is 1000. The van der Waals surface area contributed by atoms with Gasteiger partial charge in [0.2, 0.25) is 6.79 Å². The molecule has 0 saturated carbocycles. The number of hydrogen-bond acceptors (Lipinski definition) is 5. The molecular formula is C23H24N2O4S. The van der Waals surface area contributed by atoms with Gasteiger partial charge in [0.15, 0.2) is 11.5 Å². The van der Waals surface area contributed by atoms with E-state index in [0.29, 0.717) is 30.2 Å². The third-order valence-electron chi connectivity index (χ3n) is 6.25. The molecule has 0 bridgehead atoms. The van der Waals surface area contributed by atoms with E-state index >= 15 is 0 Å². The SMILES string of the molecule is Cc1ccccc1C(=O)N1CCSC12CCN(C(=O)c1ccc3c(c1)OCO3)CC2. The third-order valence-corrected chi connectivity index (χ3v) is 7.80. The minimum atomic E-state index is -0.217. The summed E-state index contributed by atoms with van der Waals surface area (Å²) in [5.41, 5.74) is 2.39. The highest BCUT2D eigenvalue weighted by Gasteiger charge is 2.47. The van der Waals surface area contributed by atoms with Crippen molar-refractivity contribution in [3.63, 3.8) is 0 Å². The van der Waals surface area contributed by atoms with Gasteiger partial charge in [-0.05, 0) is 49.6 Å². The van der Waals surface area contributed by atoms with Crippen LogP contribution >= 0.6 is 11.8 Å². The highest BCUT2D eigenvalue weighted by molar-refractivity contribution is 8.00. The van der Waals surface area contributed by atoms with Crippen LogP contribution in [0.2, 0.25) is 0 Å². The number of hydrogen-bond donors (Lipinski definition) is 0. The Balaban J connectivity index is 1.30. The van der Waals surface area contributed by atoms with Crippen molar-refractivity contribution >= 4 is 23.6 Å². The highest BCUT2D eigenvalue weighted by atomic mass is 32.2. The van der Waals surface area contributed by atoms with Crippen LogP contribution in [0.1, 0.15) is 39.1 Å². The number of fused-ring (bicyclic) bond motifs is 1. The van der Waals surface area contributed by atoms with Gasteiger partial charge >= 0.3 is 0 Å². The lowest BCUT2D eigenvalue weighted by molar-refractivity contribution is 0.0497. The molecule has 0 unspecified atom stereocenters. The molecule has 30 heavy (non-hydrogen) atoms. The summed E-state index contributed by atoms with van der Waals surface area (Å²) in [6, 6.07) is 13.1. The van der Waals surface area contributed by atoms with Gasteiger partial charge in [0.05, 0.1) is 4.87 Å². The fraction of sp³-hybridized carbons (Fsp3) is 0.391. The Morgan fingerprint density at radius 1 is 0.967 bits per heavy atom. The van der Waals surface area contributed by atoms with E-state index in [0.717, 1.165) is 36.3 Å². The van der Waals surface area contributed by atoms with Crippen molar-refractivity contribution in [2.24, 2.45) is 0 Å². The van der Waals surface area contributed by atoms with Crippen LogP contribution in [0.25, 0.3) is 0 Å². The standard InChI is InChI=1S/C23H24N2O4S/c1-16-4-2-3-5-18(16)22(27)25-12-13-30-23(25)8-10-24(11-9-23)21(26)17-6-7-19-20(14-17)29-15-28-19/h2-7,14H,8-13,15H2,1H3. The van der Waals surface area contributed by atoms with E-state index in [1.54, 1.807) is 18.2 Å². The van der Waals surface area contributed by atoms with E-state index in [9.17, 15) is 9.59 Å². The van der Waals surface area contributed by atoms with Gasteiger partial charge in [-0.1, -0.05) is 18.2 Å². The zero-order valence-electron chi connectivity index (χ0n) is 16.9. The van der Waals surface area contributed by atoms with Crippen molar-refractivity contribution < 1.29 is 19.1 Å². The van der Waals surface area contributed by atoms with Crippen LogP contribution in [-0.4, -0.2) is 58.7 Å². The molecule has 2 fully saturated rings. The van der Waals surface area contributed by atoms with Crippen LogP contribution in [0.5, 0.6) is 11.5 Å². The molecule has 2 saturated heterocycles. The number of carbonyl (C=O) groups excluding carboxylic acids is 2. The summed E-state index contributed by atoms with van der Waals surface area (Å²) >= 11 is 1.86. The molecule has 1 spiro atoms. The summed E-state index contributed by atoms with van der Waals surface area (Å²) in [6.07, 6.45) is 1.57. The van der Waals surface area contributed by atoms with Crippen molar-refractivity contribution in [3.8, 4) is 11.5 Å². The molecule has 2 aromatic rings. The molecule has 6 nitrogen and oxygen atoms in total. The second-order valence-electron chi connectivity index (χ2n) is 7.93. The third kappa shape index (κ3) is 3.21. The number of carbonyl (C=O) groups is 2. The van der Waals surface area contributed by atoms with Gasteiger partial charge in [0, 0.05) is 36.5 Å². The average molecular weight is 425 g/mol. The molecule has 0 aliphatic carbocycles. The number of piperidine rings is 1. The van der Waals surface area contributed by atoms with Crippen molar-refractivity contribution in [1.82, 2.24) is 9.80 Å². The number of rotatable bonds is 2. The average Bonchev–Trinajstić information content (AvgIpc) is 3.40. The molecule has 0 atom stereocenters. The first kappa shape index (κ1) is 19.3. The lowest BCUT2D eigenvalue weighted by Gasteiger charge is -2.44. The maximum absolute atomic E-state index is 13.3. The van der Waals surface area contributed by atoms with Crippen LogP contribution in [0.4, 0.5) is 0 Å². The minimum Gasteiger partial charge on any atom is -0.454 e. The van der Waals surface area contributed by atoms with E-state index in [4.69, 9.17) is 9.47 Å². The lowest BCUT2D eigenvalue weighted by atomic mass is 9.99. The second-order valence-corrected chi connectivity index (χ2v) is 9.38. The molecule has 3 heterocycles. The minimum absolute atomic E-state index is 0.00271. The Hall–Kier alpha value is -2.67. The molecule has 0 radical (unpaired) electrons. The van der Waals surface area contributed by atoms with Gasteiger partial charge in [0.25, 0.3) is 11.8 Å². The summed E-state index contributed by atoms with van der Waals surface area (Å²) in [5.74, 6) is 2.34. The zero-order valence-corrected chi connectivity index (χ0v) is 17.7. The number of aryl methyl sites for hydroxylation is 1. The van der Waals surface area contributed by atoms with E-state index in [1.807, 2.05) is 52.8 Å². The smallest absolute Gasteiger partial charge is 0.255 e. The summed E-state index contributed by atoms with van der Waals surface area (Å²) in [6.45, 7) is 4.21. The first-order valence-corrected chi connectivity index (χ1v) is 11.3. The number of amides is 2. The van der Waals surface area contributed by atoms with Gasteiger partial charge in [-0.3, -0.25) is 9.59 Å². The number of thioether (sulfide) groups is 1. The summed E-state index contributed by atoms with van der Waals surface area (Å²) in [4.78, 5) is 30.0. The van der Waals surface area contributed by atoms with Crippen LogP contribution in [0.3, 0.4) is 0 Å². The van der Waals surface area contributed by atoms with E-state index in [2.05, 4.69) is 0 Å². The first-order valence-electron chi connectivity index (χ1n) is 10.3. The maximum Gasteiger partial charge on any atom is 0.255 e. The van der Waals surface area contributed by atoms with Gasteiger partial charge in [-0.2, -0.15) is 0 Å². The molecular weight excluding hydrogens is 400 g/mol. The Labute approximate surface area is 180 Å². The second kappa shape index (κ2) is 7.54. The molecule has 2 aromatic carbocycles. The van der Waals surface area contributed by atoms with Crippen LogP contribution in [0.15, 0.2) is 42.5 Å². The van der Waals surface area contributed by atoms with Gasteiger partial charge in [0.1, 0.15) is 0 Å². The zero-order chi connectivity index (χ0) is 20.7. The number of benzene rings is 2. The van der Waals surface area contributed by atoms with Crippen LogP contribution < -0.4 is 9.47 Å². The van der Waals surface area contributed by atoms with E-state index in [-0.39, 0.29) is 23.5 Å². The molecule has 0 N–H and O–H groups in total. The fourth-order valence-corrected chi connectivity index (χ4v) is 5.99. The summed E-state index contributed by atoms with van der Waals surface area (Å²) in [5, 5.41) is 0. The quantitative estimate of drug-likeness (QED) is 0.738. The van der Waals surface area contributed by atoms with Crippen LogP contribution in [-0.2, 0) is 0 Å². The lowest BCUT2D eigenvalue weighted by Crippen LogP contribution is -2.53. The topological polar surface area (TPSA) is 59.1 Å². The predicted octanol–water partition coefficient (Wildman–Crippen LogP) is 3.55. The first-order chi connectivity index (χ1) is 14.6. The van der Waals surface area contributed by atoms with Crippen molar-refractivity contribution in [3.05, 3.63) is 59.2 Å². The number of likely N-dealkylation sites (tertiary alicyclic amines) is 1. The molecule has 2 amide bonds. The molecule has 3 aliphatic heterocycles. The Morgan fingerprint density at radius 3 is 2.53 bits per heavy atom. The largest absolute Gasteiger partial charge is 0.454 e. The summed E-state index contributed by atoms with van der Waals surface area (Å²) < 4.78 is 10.7. The van der Waals surface area contributed by atoms with Crippen molar-refractivity contribution in [2.45, 2.75) is 24.6 Å². The molecule has 0 aromatic heterocycles. The van der Waals surface area contributed by atoms with Crippen LogP contribution in [0, 0.1) is 6.92 Å². The Morgan fingerprint density at radius 2 is 1.73 bits per heavy atom. The predicted molar refractivity (Wildman–Crippen MR) is 115 cm³/mol. The summed E-state index contributed by atoms with van der Waals surface area (Å²) in [7, 11) is 0. The Kier molecular flexibility index (Phi) is 4.85. The fourth-order valence-electron chi connectivity index (χ4n) is 4.54. The van der Waals surface area contributed by atoms with E-state index in [1.165, 1.54) is 0 Å². The number of ether oxygens (including phenoxy) is 2. The molecule has 3 aliphatic rings. The normalized spacial score (nSPS) is 19.4. The monoisotopic (exact) mass is 424 g/mol. The van der Waals surface area contributed by atoms with Crippen molar-refractivity contribution in [2.75, 3.05) is 32.2 Å². The van der Waals surface area contributed by atoms with Gasteiger partial charge < -0.3 is 19.3 Å². The maximum atomic E-state index is 13.3.